The second-order valence-corrected chi connectivity index (χ2v) is 12.8. The SMILES string of the molecule is COP(=O)(O)OP(=O)(O)OP(=O)(O)OC[C@H]1O[C@@H](n2cnc3c(=O)[nH]c(N)nc32)C[C@H]1OP(=O)(O)O. The van der Waals surface area contributed by atoms with Crippen molar-refractivity contribution in [2.24, 2.45) is 0 Å². The molecule has 21 nitrogen and oxygen atoms in total. The lowest BCUT2D eigenvalue weighted by atomic mass is 10.2. The van der Waals surface area contributed by atoms with Crippen molar-refractivity contribution in [3.63, 3.8) is 0 Å². The summed E-state index contributed by atoms with van der Waals surface area (Å²) >= 11 is 0. The molecule has 8 N–H and O–H groups in total. The van der Waals surface area contributed by atoms with Gasteiger partial charge in [-0.3, -0.25) is 27.9 Å². The van der Waals surface area contributed by atoms with E-state index in [1.807, 2.05) is 0 Å². The molecule has 0 spiro atoms. The second-order valence-electron chi connectivity index (χ2n) is 6.82. The average molecular weight is 601 g/mol. The number of hydrogen-bond donors (Lipinski definition) is 7. The van der Waals surface area contributed by atoms with E-state index in [0.29, 0.717) is 7.11 Å². The Balaban J connectivity index is 1.78. The van der Waals surface area contributed by atoms with Gasteiger partial charge in [-0.25, -0.2) is 23.2 Å². The number of nitrogen functional groups attached to an aromatic ring is 1. The Morgan fingerprint density at radius 2 is 1.78 bits per heavy atom. The molecule has 0 aromatic carbocycles. The largest absolute Gasteiger partial charge is 0.490 e. The Labute approximate surface area is 199 Å². The van der Waals surface area contributed by atoms with Gasteiger partial charge >= 0.3 is 31.3 Å². The lowest BCUT2D eigenvalue weighted by Crippen LogP contribution is -2.28. The predicted molar refractivity (Wildman–Crippen MR) is 113 cm³/mol. The highest BCUT2D eigenvalue weighted by Gasteiger charge is 2.45. The molecule has 204 valence electrons. The fraction of sp³-hybridized carbons (Fsp3) is 0.545. The molecule has 0 aliphatic carbocycles. The van der Waals surface area contributed by atoms with E-state index < -0.39 is 61.9 Å². The van der Waals surface area contributed by atoms with Crippen LogP contribution >= 0.6 is 31.3 Å². The third-order valence-electron chi connectivity index (χ3n) is 4.26. The van der Waals surface area contributed by atoms with Crippen molar-refractivity contribution in [2.45, 2.75) is 24.9 Å². The number of nitrogens with zero attached hydrogens (tertiary/aromatic N) is 3. The highest BCUT2D eigenvalue weighted by molar-refractivity contribution is 7.66. The molecule has 1 aliphatic rings. The molecule has 1 aliphatic heterocycles. The van der Waals surface area contributed by atoms with Gasteiger partial charge in [0.2, 0.25) is 5.95 Å². The van der Waals surface area contributed by atoms with Crippen molar-refractivity contribution in [1.29, 1.82) is 0 Å². The molecule has 6 atom stereocenters. The van der Waals surface area contributed by atoms with Gasteiger partial charge in [-0.15, -0.1) is 0 Å². The number of anilines is 1. The molecule has 0 amide bonds. The average Bonchev–Trinajstić information content (AvgIpc) is 3.27. The number of fused-ring (bicyclic) bond motifs is 1. The number of hydrogen-bond acceptors (Lipinski definition) is 14. The van der Waals surface area contributed by atoms with Crippen LogP contribution in [0.4, 0.5) is 5.95 Å². The van der Waals surface area contributed by atoms with E-state index >= 15 is 0 Å². The van der Waals surface area contributed by atoms with Crippen LogP contribution in [0.1, 0.15) is 12.6 Å². The van der Waals surface area contributed by atoms with Crippen molar-refractivity contribution in [3.8, 4) is 0 Å². The Hall–Kier alpha value is -1.37. The molecular formula is C11H19N5O16P4. The molecule has 0 bridgehead atoms. The zero-order chi connectivity index (χ0) is 27.1. The first-order valence-electron chi connectivity index (χ1n) is 9.13. The topological polar surface area (TPSA) is 314 Å². The molecule has 2 aromatic heterocycles. The third-order valence-corrected chi connectivity index (χ3v) is 9.04. The zero-order valence-electron chi connectivity index (χ0n) is 17.7. The van der Waals surface area contributed by atoms with Gasteiger partial charge < -0.3 is 34.9 Å². The molecule has 1 saturated heterocycles. The quantitative estimate of drug-likeness (QED) is 0.159. The monoisotopic (exact) mass is 601 g/mol. The van der Waals surface area contributed by atoms with Gasteiger partial charge in [0, 0.05) is 13.5 Å². The lowest BCUT2D eigenvalue weighted by molar-refractivity contribution is -0.0416. The van der Waals surface area contributed by atoms with Gasteiger partial charge in [-0.05, 0) is 0 Å². The fourth-order valence-electron chi connectivity index (χ4n) is 2.96. The van der Waals surface area contributed by atoms with Crippen molar-refractivity contribution in [3.05, 3.63) is 16.7 Å². The summed E-state index contributed by atoms with van der Waals surface area (Å²) in [6.45, 7) is -1.03. The highest BCUT2D eigenvalue weighted by Crippen LogP contribution is 2.67. The standard InChI is InChI=1S/C11H19N5O16P4/c1-27-34(21,22)31-36(25,26)32-35(23,24)28-3-6-5(30-33(18,19)20)2-7(29-6)16-4-13-8-9(16)14-11(12)15-10(8)17/h4-7H,2-3H2,1H3,(H,21,22)(H,23,24)(H,25,26)(H2,18,19,20)(H3,12,14,15,17)/t5-,6-,7-/m1/s1. The minimum absolute atomic E-state index is 0.0705. The van der Waals surface area contributed by atoms with E-state index in [2.05, 4.69) is 37.1 Å². The van der Waals surface area contributed by atoms with E-state index in [1.54, 1.807) is 0 Å². The number of H-pyrrole nitrogens is 1. The minimum atomic E-state index is -5.69. The molecule has 36 heavy (non-hydrogen) atoms. The summed E-state index contributed by atoms with van der Waals surface area (Å²) in [5.74, 6) is -0.273. The molecule has 1 fully saturated rings. The first kappa shape index (κ1) is 29.2. The van der Waals surface area contributed by atoms with E-state index in [9.17, 15) is 42.6 Å². The van der Waals surface area contributed by atoms with Crippen molar-refractivity contribution >= 4 is 48.4 Å². The van der Waals surface area contributed by atoms with Crippen molar-refractivity contribution in [1.82, 2.24) is 19.5 Å². The van der Waals surface area contributed by atoms with Crippen molar-refractivity contribution < 1.29 is 69.7 Å². The molecule has 2 aromatic rings. The van der Waals surface area contributed by atoms with Crippen LogP contribution in [0.3, 0.4) is 0 Å². The first-order valence-corrected chi connectivity index (χ1v) is 15.1. The summed E-state index contributed by atoms with van der Waals surface area (Å²) in [7, 11) is -20.8. The number of imidazole rings is 1. The molecule has 0 radical (unpaired) electrons. The van der Waals surface area contributed by atoms with Gasteiger partial charge in [0.15, 0.2) is 11.2 Å². The summed E-state index contributed by atoms with van der Waals surface area (Å²) in [6.07, 6.45) is -3.42. The molecule has 25 heteroatoms. The van der Waals surface area contributed by atoms with Crippen LogP contribution in [0.5, 0.6) is 0 Å². The highest BCUT2D eigenvalue weighted by atomic mass is 31.3. The van der Waals surface area contributed by atoms with Crippen LogP contribution < -0.4 is 11.3 Å². The molecule has 0 saturated carbocycles. The molecular weight excluding hydrogens is 582 g/mol. The Bertz CT molecular complexity index is 1370. The van der Waals surface area contributed by atoms with Crippen LogP contribution in [0.2, 0.25) is 0 Å². The van der Waals surface area contributed by atoms with Gasteiger partial charge in [0.25, 0.3) is 5.56 Å². The maximum absolute atomic E-state index is 12.1. The van der Waals surface area contributed by atoms with Gasteiger partial charge in [-0.1, -0.05) is 0 Å². The van der Waals surface area contributed by atoms with Gasteiger partial charge in [0.05, 0.1) is 12.9 Å². The Kier molecular flexibility index (Phi) is 8.45. The van der Waals surface area contributed by atoms with Crippen LogP contribution in [0.25, 0.3) is 11.2 Å². The smallest absolute Gasteiger partial charge is 0.369 e. The summed E-state index contributed by atoms with van der Waals surface area (Å²) in [4.78, 5) is 68.5. The van der Waals surface area contributed by atoms with E-state index in [-0.39, 0.29) is 23.5 Å². The third kappa shape index (κ3) is 7.58. The number of nitrogens with one attached hydrogen (secondary N) is 1. The Morgan fingerprint density at radius 3 is 2.39 bits per heavy atom. The van der Waals surface area contributed by atoms with E-state index in [1.165, 1.54) is 4.57 Å². The maximum Gasteiger partial charge on any atom is 0.490 e. The van der Waals surface area contributed by atoms with Crippen LogP contribution in [0, 0.1) is 0 Å². The predicted octanol–water partition coefficient (Wildman–Crippen LogP) is -0.535. The number of nitrogens with two attached hydrogens (primary N) is 1. The molecule has 3 heterocycles. The lowest BCUT2D eigenvalue weighted by Gasteiger charge is -2.21. The number of phosphoric acid groups is 4. The van der Waals surface area contributed by atoms with E-state index in [4.69, 9.17) is 15.4 Å². The second kappa shape index (κ2) is 10.4. The van der Waals surface area contributed by atoms with Crippen LogP contribution in [0.15, 0.2) is 11.1 Å². The van der Waals surface area contributed by atoms with Crippen molar-refractivity contribution in [2.75, 3.05) is 19.5 Å². The molecule has 3 unspecified atom stereocenters. The fourth-order valence-corrected chi connectivity index (χ4v) is 6.80. The number of ether oxygens (including phenoxy) is 1. The van der Waals surface area contributed by atoms with E-state index in [0.717, 1.165) is 6.33 Å². The maximum atomic E-state index is 12.1. The minimum Gasteiger partial charge on any atom is -0.369 e. The molecule has 3 rings (SSSR count). The summed E-state index contributed by atoms with van der Waals surface area (Å²) in [5, 5.41) is 0. The Morgan fingerprint density at radius 1 is 1.14 bits per heavy atom. The van der Waals surface area contributed by atoms with Gasteiger partial charge in [-0.2, -0.15) is 13.6 Å². The number of phosphoric ester groups is 3. The van der Waals surface area contributed by atoms with Gasteiger partial charge in [0.1, 0.15) is 18.4 Å². The summed E-state index contributed by atoms with van der Waals surface area (Å²) in [5.41, 5.74) is 4.61. The van der Waals surface area contributed by atoms with Crippen LogP contribution in [-0.4, -0.2) is 69.9 Å². The number of aromatic amines is 1. The number of aromatic nitrogens is 4. The zero-order valence-corrected chi connectivity index (χ0v) is 21.2. The normalized spacial score (nSPS) is 25.9. The summed E-state index contributed by atoms with van der Waals surface area (Å²) in [6, 6.07) is 0. The first-order chi connectivity index (χ1) is 16.4. The number of rotatable bonds is 11. The summed E-state index contributed by atoms with van der Waals surface area (Å²) < 4.78 is 73.8. The van der Waals surface area contributed by atoms with Crippen LogP contribution in [-0.2, 0) is 45.2 Å².